The van der Waals surface area contributed by atoms with Crippen LogP contribution in [0.2, 0.25) is 0 Å². The topological polar surface area (TPSA) is 18.5 Å². The number of hydrogen-bond acceptors (Lipinski definition) is 3. The smallest absolute Gasteiger partial charge is 0.0232 e. The van der Waals surface area contributed by atoms with Gasteiger partial charge in [-0.25, -0.2) is 0 Å². The zero-order chi connectivity index (χ0) is 10.6. The first-order valence-corrected chi connectivity index (χ1v) is 5.67. The molecule has 1 N–H and O–H groups in total. The van der Waals surface area contributed by atoms with Gasteiger partial charge in [-0.15, -0.1) is 0 Å². The number of hydrogen-bond donors (Lipinski definition) is 1. The third-order valence-corrected chi connectivity index (χ3v) is 3.10. The highest BCUT2D eigenvalue weighted by Crippen LogP contribution is 2.13. The molecule has 1 aliphatic heterocycles. The van der Waals surface area contributed by atoms with Crippen molar-refractivity contribution < 1.29 is 0 Å². The summed E-state index contributed by atoms with van der Waals surface area (Å²) in [5.74, 6) is 0.796. The minimum absolute atomic E-state index is 0.720. The van der Waals surface area contributed by atoms with E-state index in [1.165, 1.54) is 26.1 Å². The van der Waals surface area contributed by atoms with Gasteiger partial charge in [0.1, 0.15) is 0 Å². The van der Waals surface area contributed by atoms with Crippen molar-refractivity contribution in [3.8, 4) is 0 Å². The molecule has 0 amide bonds. The fourth-order valence-corrected chi connectivity index (χ4v) is 2.43. The van der Waals surface area contributed by atoms with Crippen LogP contribution in [0.15, 0.2) is 0 Å². The number of likely N-dealkylation sites (N-methyl/N-ethyl adjacent to an activating group) is 2. The van der Waals surface area contributed by atoms with Crippen molar-refractivity contribution in [1.29, 1.82) is 0 Å². The molecule has 0 aliphatic carbocycles. The van der Waals surface area contributed by atoms with Crippen LogP contribution in [-0.4, -0.2) is 63.2 Å². The van der Waals surface area contributed by atoms with E-state index in [0.29, 0.717) is 0 Å². The van der Waals surface area contributed by atoms with Gasteiger partial charge in [-0.05, 0) is 40.0 Å². The molecule has 0 bridgehead atoms. The van der Waals surface area contributed by atoms with Gasteiger partial charge in [0.15, 0.2) is 0 Å². The second-order valence-electron chi connectivity index (χ2n) is 4.81. The van der Waals surface area contributed by atoms with Crippen LogP contribution >= 0.6 is 0 Å². The van der Waals surface area contributed by atoms with Crippen molar-refractivity contribution in [2.45, 2.75) is 19.4 Å². The molecule has 3 nitrogen and oxygen atoms in total. The second-order valence-corrected chi connectivity index (χ2v) is 4.81. The monoisotopic (exact) mass is 199 g/mol. The number of nitrogens with one attached hydrogen (secondary N) is 1. The molecule has 0 aromatic carbocycles. The summed E-state index contributed by atoms with van der Waals surface area (Å²) in [6.07, 6.45) is 1.25. The molecule has 2 atom stereocenters. The normalized spacial score (nSPS) is 31.7. The third-order valence-electron chi connectivity index (χ3n) is 3.10. The van der Waals surface area contributed by atoms with Crippen molar-refractivity contribution in [2.24, 2.45) is 5.92 Å². The first-order valence-electron chi connectivity index (χ1n) is 5.67. The molecule has 3 heteroatoms. The van der Waals surface area contributed by atoms with E-state index in [0.717, 1.165) is 18.5 Å². The van der Waals surface area contributed by atoms with Crippen molar-refractivity contribution in [2.75, 3.05) is 47.3 Å². The molecule has 0 saturated carbocycles. The SMILES string of the molecule is CNCCC1CN(C)CC(C)CN1C. The van der Waals surface area contributed by atoms with E-state index in [1.807, 2.05) is 7.05 Å². The average Bonchev–Trinajstić information content (AvgIpc) is 2.21. The maximum Gasteiger partial charge on any atom is 0.0232 e. The minimum atomic E-state index is 0.720. The third kappa shape index (κ3) is 3.56. The van der Waals surface area contributed by atoms with Crippen molar-refractivity contribution in [1.82, 2.24) is 15.1 Å². The predicted molar refractivity (Wildman–Crippen MR) is 61.6 cm³/mol. The van der Waals surface area contributed by atoms with Crippen LogP contribution < -0.4 is 5.32 Å². The lowest BCUT2D eigenvalue weighted by molar-refractivity contribution is 0.211. The van der Waals surface area contributed by atoms with E-state index < -0.39 is 0 Å². The Morgan fingerprint density at radius 2 is 1.93 bits per heavy atom. The molecule has 84 valence electrons. The quantitative estimate of drug-likeness (QED) is 0.713. The van der Waals surface area contributed by atoms with E-state index >= 15 is 0 Å². The van der Waals surface area contributed by atoms with Crippen LogP contribution in [-0.2, 0) is 0 Å². The van der Waals surface area contributed by atoms with Gasteiger partial charge in [0.25, 0.3) is 0 Å². The van der Waals surface area contributed by atoms with Crippen molar-refractivity contribution in [3.63, 3.8) is 0 Å². The van der Waals surface area contributed by atoms with E-state index in [2.05, 4.69) is 36.1 Å². The molecule has 1 rings (SSSR count). The number of rotatable bonds is 3. The molecule has 0 aromatic heterocycles. The molecular weight excluding hydrogens is 174 g/mol. The Labute approximate surface area is 88.5 Å². The van der Waals surface area contributed by atoms with Gasteiger partial charge < -0.3 is 15.1 Å². The van der Waals surface area contributed by atoms with Crippen LogP contribution in [0.25, 0.3) is 0 Å². The molecule has 1 fully saturated rings. The van der Waals surface area contributed by atoms with E-state index in [-0.39, 0.29) is 0 Å². The van der Waals surface area contributed by atoms with Crippen LogP contribution in [0, 0.1) is 5.92 Å². The molecule has 14 heavy (non-hydrogen) atoms. The summed E-state index contributed by atoms with van der Waals surface area (Å²) >= 11 is 0. The van der Waals surface area contributed by atoms with Gasteiger partial charge in [0.2, 0.25) is 0 Å². The standard InChI is InChI=1S/C11H25N3/c1-10-7-13(3)9-11(5-6-12-2)14(4)8-10/h10-12H,5-9H2,1-4H3. The minimum Gasteiger partial charge on any atom is -0.320 e. The Kier molecular flexibility index (Phi) is 4.85. The van der Waals surface area contributed by atoms with Crippen LogP contribution in [0.5, 0.6) is 0 Å². The van der Waals surface area contributed by atoms with Crippen LogP contribution in [0.1, 0.15) is 13.3 Å². The Morgan fingerprint density at radius 1 is 1.21 bits per heavy atom. The second kappa shape index (κ2) is 5.69. The summed E-state index contributed by atoms with van der Waals surface area (Å²) in [5, 5.41) is 3.24. The molecule has 1 aliphatic rings. The lowest BCUT2D eigenvalue weighted by Crippen LogP contribution is -2.39. The summed E-state index contributed by atoms with van der Waals surface area (Å²) in [7, 11) is 6.53. The highest BCUT2D eigenvalue weighted by atomic mass is 15.2. The highest BCUT2D eigenvalue weighted by molar-refractivity contribution is 4.79. The molecule has 1 heterocycles. The highest BCUT2D eigenvalue weighted by Gasteiger charge is 2.23. The Morgan fingerprint density at radius 3 is 2.57 bits per heavy atom. The molecule has 0 aromatic rings. The maximum atomic E-state index is 3.24. The van der Waals surface area contributed by atoms with Gasteiger partial charge in [0.05, 0.1) is 0 Å². The largest absolute Gasteiger partial charge is 0.320 e. The lowest BCUT2D eigenvalue weighted by atomic mass is 10.1. The summed E-state index contributed by atoms with van der Waals surface area (Å²) in [5.41, 5.74) is 0. The Balaban J connectivity index is 2.46. The van der Waals surface area contributed by atoms with E-state index in [9.17, 15) is 0 Å². The zero-order valence-corrected chi connectivity index (χ0v) is 10.1. The summed E-state index contributed by atoms with van der Waals surface area (Å²) in [6.45, 7) is 7.15. The number of nitrogens with zero attached hydrogens (tertiary/aromatic N) is 2. The first-order chi connectivity index (χ1) is 6.63. The Bertz CT molecular complexity index is 161. The first kappa shape index (κ1) is 12.0. The molecule has 0 spiro atoms. The van der Waals surface area contributed by atoms with Crippen molar-refractivity contribution >= 4 is 0 Å². The van der Waals surface area contributed by atoms with Gasteiger partial charge in [-0.2, -0.15) is 0 Å². The summed E-state index contributed by atoms with van der Waals surface area (Å²) < 4.78 is 0. The van der Waals surface area contributed by atoms with Gasteiger partial charge in [0, 0.05) is 25.7 Å². The maximum absolute atomic E-state index is 3.24. The Hall–Kier alpha value is -0.120. The van der Waals surface area contributed by atoms with Crippen molar-refractivity contribution in [3.05, 3.63) is 0 Å². The van der Waals surface area contributed by atoms with Gasteiger partial charge >= 0.3 is 0 Å². The fraction of sp³-hybridized carbons (Fsp3) is 1.00. The van der Waals surface area contributed by atoms with Gasteiger partial charge in [-0.3, -0.25) is 0 Å². The lowest BCUT2D eigenvalue weighted by Gasteiger charge is -2.27. The average molecular weight is 199 g/mol. The van der Waals surface area contributed by atoms with Gasteiger partial charge in [-0.1, -0.05) is 6.92 Å². The van der Waals surface area contributed by atoms with Crippen LogP contribution in [0.3, 0.4) is 0 Å². The summed E-state index contributed by atoms with van der Waals surface area (Å²) in [4.78, 5) is 4.99. The fourth-order valence-electron chi connectivity index (χ4n) is 2.43. The zero-order valence-electron chi connectivity index (χ0n) is 10.1. The molecule has 1 saturated heterocycles. The van der Waals surface area contributed by atoms with E-state index in [4.69, 9.17) is 0 Å². The van der Waals surface area contributed by atoms with Crippen LogP contribution in [0.4, 0.5) is 0 Å². The molecule has 0 radical (unpaired) electrons. The molecular formula is C11H25N3. The predicted octanol–water partition coefficient (Wildman–Crippen LogP) is 0.478. The molecule has 2 unspecified atom stereocenters. The van der Waals surface area contributed by atoms with E-state index in [1.54, 1.807) is 0 Å². The summed E-state index contributed by atoms with van der Waals surface area (Å²) in [6, 6.07) is 0.720.